The highest BCUT2D eigenvalue weighted by molar-refractivity contribution is 6.05. The number of carbonyl (C=O) groups is 2. The van der Waals surface area contributed by atoms with Crippen LogP contribution in [0.25, 0.3) is 0 Å². The monoisotopic (exact) mass is 498 g/mol. The number of hydrogen-bond donors (Lipinski definition) is 2. The molecule has 5 heteroatoms. The van der Waals surface area contributed by atoms with Gasteiger partial charge in [0.25, 0.3) is 5.91 Å². The smallest absolute Gasteiger partial charge is 0.324 e. The number of nitrogens with one attached hydrogen (secondary N) is 2. The lowest BCUT2D eigenvalue weighted by atomic mass is 9.47. The van der Waals surface area contributed by atoms with Crippen LogP contribution in [0.15, 0.2) is 11.6 Å². The highest BCUT2D eigenvalue weighted by Gasteiger charge is 2.59. The zero-order valence-electron chi connectivity index (χ0n) is 23.6. The summed E-state index contributed by atoms with van der Waals surface area (Å²) in [7, 11) is 0. The van der Waals surface area contributed by atoms with Crippen LogP contribution in [0, 0.1) is 46.3 Å². The molecule has 36 heavy (non-hydrogen) atoms. The number of allylic oxidation sites excluding steroid dienone is 1. The lowest BCUT2D eigenvalue weighted by molar-refractivity contribution is -0.154. The summed E-state index contributed by atoms with van der Waals surface area (Å²) in [6.45, 7) is 14.1. The summed E-state index contributed by atoms with van der Waals surface area (Å²) in [4.78, 5) is 24.0. The summed E-state index contributed by atoms with van der Waals surface area (Å²) in [5.74, 6) is 4.65. The zero-order chi connectivity index (χ0) is 25.9. The van der Waals surface area contributed by atoms with Gasteiger partial charge in [0.05, 0.1) is 6.10 Å². The molecule has 0 aromatic rings. The van der Waals surface area contributed by atoms with Crippen LogP contribution in [0.5, 0.6) is 0 Å². The maximum Gasteiger partial charge on any atom is 0.324 e. The number of amides is 3. The Hall–Kier alpha value is -1.36. The van der Waals surface area contributed by atoms with Crippen molar-refractivity contribution in [2.24, 2.45) is 46.3 Å². The van der Waals surface area contributed by atoms with Crippen molar-refractivity contribution in [2.75, 3.05) is 0 Å². The second kappa shape index (κ2) is 9.43. The summed E-state index contributed by atoms with van der Waals surface area (Å²) < 4.78 is 6.24. The second-order valence-electron chi connectivity index (χ2n) is 14.2. The lowest BCUT2D eigenvalue weighted by Crippen LogP contribution is -2.53. The Labute approximate surface area is 219 Å². The first kappa shape index (κ1) is 26.3. The molecular formula is C31H50N2O3. The molecule has 0 aromatic heterocycles. The Morgan fingerprint density at radius 1 is 1.00 bits per heavy atom. The normalized spacial score (nSPS) is 44.9. The summed E-state index contributed by atoms with van der Waals surface area (Å²) in [5.41, 5.74) is 1.08. The average Bonchev–Trinajstić information content (AvgIpc) is 3.28. The predicted octanol–water partition coefficient (Wildman–Crippen LogP) is 6.97. The van der Waals surface area contributed by atoms with E-state index in [0.29, 0.717) is 5.41 Å². The molecule has 1 unspecified atom stereocenters. The van der Waals surface area contributed by atoms with E-state index in [1.165, 1.54) is 51.4 Å². The first-order valence-corrected chi connectivity index (χ1v) is 15.0. The Morgan fingerprint density at radius 2 is 1.78 bits per heavy atom. The van der Waals surface area contributed by atoms with Crippen LogP contribution < -0.4 is 10.6 Å². The van der Waals surface area contributed by atoms with Crippen molar-refractivity contribution < 1.29 is 14.3 Å². The summed E-state index contributed by atoms with van der Waals surface area (Å²) in [5, 5.41) is 4.99. The number of hydrogen-bond acceptors (Lipinski definition) is 3. The number of carbonyl (C=O) groups excluding carboxylic acids is 2. The van der Waals surface area contributed by atoms with Crippen molar-refractivity contribution in [3.8, 4) is 0 Å². The molecule has 0 aromatic carbocycles. The van der Waals surface area contributed by atoms with Gasteiger partial charge in [-0.15, -0.1) is 0 Å². The standard InChI is InChI=1S/C31H50N2O3/c1-19(2)8-7-9-20(3)24-12-13-25-23-11-10-21-18-22(36-31(6)27(34)32-28(35)33-31)14-16-29(21,4)26(23)15-17-30(24,25)5/h10,19-20,22-26H,7-9,11-18H2,1-6H3,(H2,32,33,34,35)/t20-,22+,23+,24-,25+,26+,29+,30-,31?/m1/s1. The third-order valence-corrected chi connectivity index (χ3v) is 11.7. The minimum absolute atomic E-state index is 0.0218. The van der Waals surface area contributed by atoms with Gasteiger partial charge in [-0.25, -0.2) is 4.79 Å². The van der Waals surface area contributed by atoms with Gasteiger partial charge in [-0.05, 0) is 105 Å². The molecule has 3 amide bonds. The van der Waals surface area contributed by atoms with Crippen LogP contribution >= 0.6 is 0 Å². The van der Waals surface area contributed by atoms with Gasteiger partial charge in [0, 0.05) is 0 Å². The van der Waals surface area contributed by atoms with Crippen molar-refractivity contribution in [2.45, 2.75) is 124 Å². The van der Waals surface area contributed by atoms with Crippen LogP contribution in [0.1, 0.15) is 112 Å². The summed E-state index contributed by atoms with van der Waals surface area (Å²) in [6.07, 6.45) is 16.5. The Bertz CT molecular complexity index is 913. The van der Waals surface area contributed by atoms with Crippen LogP contribution in [-0.4, -0.2) is 23.8 Å². The maximum atomic E-state index is 12.3. The predicted molar refractivity (Wildman–Crippen MR) is 143 cm³/mol. The Morgan fingerprint density at radius 3 is 2.47 bits per heavy atom. The number of ether oxygens (including phenoxy) is 1. The first-order valence-electron chi connectivity index (χ1n) is 15.0. The molecule has 202 valence electrons. The molecule has 5 aliphatic rings. The van der Waals surface area contributed by atoms with E-state index in [-0.39, 0.29) is 17.4 Å². The number of fused-ring (bicyclic) bond motifs is 5. The SMILES string of the molecule is CC(C)CCC[C@@H](C)[C@H]1CC[C@H]2[C@@H]3CC=C4C[C@@H](OC5(C)NC(=O)NC5=O)CC[C@]4(C)[C@H]3CC[C@]12C. The van der Waals surface area contributed by atoms with Gasteiger partial charge in [0.15, 0.2) is 0 Å². The minimum atomic E-state index is -1.25. The van der Waals surface area contributed by atoms with Crippen LogP contribution in [-0.2, 0) is 9.53 Å². The average molecular weight is 499 g/mol. The molecule has 4 aliphatic carbocycles. The molecule has 9 atom stereocenters. The molecule has 5 rings (SSSR count). The summed E-state index contributed by atoms with van der Waals surface area (Å²) in [6, 6.07) is -0.461. The van der Waals surface area contributed by atoms with E-state index in [9.17, 15) is 9.59 Å². The van der Waals surface area contributed by atoms with Gasteiger partial charge in [-0.2, -0.15) is 0 Å². The molecular weight excluding hydrogens is 448 g/mol. The van der Waals surface area contributed by atoms with Crippen LogP contribution in [0.3, 0.4) is 0 Å². The van der Waals surface area contributed by atoms with E-state index in [4.69, 9.17) is 4.74 Å². The van der Waals surface area contributed by atoms with Crippen molar-refractivity contribution in [1.29, 1.82) is 0 Å². The van der Waals surface area contributed by atoms with Gasteiger partial charge in [0.1, 0.15) is 0 Å². The van der Waals surface area contributed by atoms with Gasteiger partial charge in [-0.3, -0.25) is 10.1 Å². The fourth-order valence-corrected chi connectivity index (χ4v) is 9.70. The van der Waals surface area contributed by atoms with E-state index < -0.39 is 11.8 Å². The van der Waals surface area contributed by atoms with Crippen LogP contribution in [0.2, 0.25) is 0 Å². The zero-order valence-corrected chi connectivity index (χ0v) is 23.6. The van der Waals surface area contributed by atoms with Crippen molar-refractivity contribution in [1.82, 2.24) is 10.6 Å². The van der Waals surface area contributed by atoms with E-state index in [2.05, 4.69) is 51.3 Å². The van der Waals surface area contributed by atoms with Gasteiger partial charge in [0.2, 0.25) is 5.72 Å². The highest BCUT2D eigenvalue weighted by Crippen LogP contribution is 2.67. The maximum absolute atomic E-state index is 12.3. The van der Waals surface area contributed by atoms with Crippen LogP contribution in [0.4, 0.5) is 4.79 Å². The molecule has 1 saturated heterocycles. The molecule has 2 N–H and O–H groups in total. The third-order valence-electron chi connectivity index (χ3n) is 11.7. The van der Waals surface area contributed by atoms with Crippen molar-refractivity contribution in [3.05, 3.63) is 11.6 Å². The molecule has 0 radical (unpaired) electrons. The van der Waals surface area contributed by atoms with E-state index in [0.717, 1.165) is 54.8 Å². The number of urea groups is 1. The fourth-order valence-electron chi connectivity index (χ4n) is 9.70. The van der Waals surface area contributed by atoms with Gasteiger partial charge < -0.3 is 10.1 Å². The van der Waals surface area contributed by atoms with E-state index in [1.54, 1.807) is 12.5 Å². The molecule has 4 fully saturated rings. The molecule has 1 heterocycles. The Balaban J connectivity index is 1.27. The largest absolute Gasteiger partial charge is 0.344 e. The van der Waals surface area contributed by atoms with Gasteiger partial charge in [-0.1, -0.05) is 65.5 Å². The second-order valence-corrected chi connectivity index (χ2v) is 14.2. The lowest BCUT2D eigenvalue weighted by Gasteiger charge is -2.58. The fraction of sp³-hybridized carbons (Fsp3) is 0.871. The summed E-state index contributed by atoms with van der Waals surface area (Å²) >= 11 is 0. The quantitative estimate of drug-likeness (QED) is 0.294. The number of imide groups is 1. The minimum Gasteiger partial charge on any atom is -0.344 e. The topological polar surface area (TPSA) is 67.4 Å². The molecule has 5 nitrogen and oxygen atoms in total. The highest BCUT2D eigenvalue weighted by atomic mass is 16.5. The number of rotatable bonds is 7. The van der Waals surface area contributed by atoms with Gasteiger partial charge >= 0.3 is 6.03 Å². The van der Waals surface area contributed by atoms with E-state index in [1.807, 2.05) is 0 Å². The molecule has 0 bridgehead atoms. The molecule has 0 spiro atoms. The first-order chi connectivity index (χ1) is 17.0. The van der Waals surface area contributed by atoms with E-state index >= 15 is 0 Å². The molecule has 3 saturated carbocycles. The third kappa shape index (κ3) is 4.35. The molecule has 1 aliphatic heterocycles. The van der Waals surface area contributed by atoms with Crippen molar-refractivity contribution in [3.63, 3.8) is 0 Å². The van der Waals surface area contributed by atoms with Crippen molar-refractivity contribution >= 4 is 11.9 Å². The Kier molecular flexibility index (Phi) is 6.88.